The summed E-state index contributed by atoms with van der Waals surface area (Å²) in [6, 6.07) is 19.1. The standard InChI is InChI=1S/C32H35NO5/c1-20(2)33(31(34)24-12-9-21(3)10-13-24)28-16-26-25-15-23(19-37-18-22-7-5-4-6-8-22)11-14-29(25)38-30(26)17-27(28)32(35)36/h4-8,11,14-17,20-21,24H,9-10,12-13,18-19H2,1-3H3,(H,35,36). The number of ether oxygens (including phenoxy) is 1. The lowest BCUT2D eigenvalue weighted by Crippen LogP contribution is -2.42. The number of carbonyl (C=O) groups is 2. The lowest BCUT2D eigenvalue weighted by Gasteiger charge is -2.34. The zero-order valence-corrected chi connectivity index (χ0v) is 22.3. The first-order valence-corrected chi connectivity index (χ1v) is 13.5. The summed E-state index contributed by atoms with van der Waals surface area (Å²) in [6.45, 7) is 7.06. The predicted octanol–water partition coefficient (Wildman–Crippen LogP) is 7.57. The molecule has 1 fully saturated rings. The molecule has 6 nitrogen and oxygen atoms in total. The Morgan fingerprint density at radius 3 is 2.29 bits per heavy atom. The molecular formula is C32H35NO5. The Morgan fingerprint density at radius 2 is 1.61 bits per heavy atom. The van der Waals surface area contributed by atoms with Gasteiger partial charge in [0.25, 0.3) is 0 Å². The van der Waals surface area contributed by atoms with Gasteiger partial charge in [0.2, 0.25) is 5.91 Å². The minimum Gasteiger partial charge on any atom is -0.478 e. The van der Waals surface area contributed by atoms with Crippen molar-refractivity contribution in [1.82, 2.24) is 0 Å². The topological polar surface area (TPSA) is 80.0 Å². The van der Waals surface area contributed by atoms with E-state index in [1.165, 1.54) is 0 Å². The second-order valence-electron chi connectivity index (χ2n) is 10.8. The van der Waals surface area contributed by atoms with Crippen LogP contribution >= 0.6 is 0 Å². The van der Waals surface area contributed by atoms with Crippen molar-refractivity contribution in [2.75, 3.05) is 4.90 Å². The van der Waals surface area contributed by atoms with E-state index in [9.17, 15) is 14.7 Å². The van der Waals surface area contributed by atoms with Crippen LogP contribution in [0.25, 0.3) is 21.9 Å². The van der Waals surface area contributed by atoms with E-state index in [4.69, 9.17) is 9.15 Å². The van der Waals surface area contributed by atoms with E-state index in [1.807, 2.05) is 68.4 Å². The highest BCUT2D eigenvalue weighted by Gasteiger charge is 2.33. The number of carboxylic acid groups (broad SMARTS) is 1. The molecule has 1 N–H and O–H groups in total. The van der Waals surface area contributed by atoms with Crippen LogP contribution in [0.15, 0.2) is 65.1 Å². The fourth-order valence-electron chi connectivity index (χ4n) is 5.53. The normalized spacial score (nSPS) is 17.8. The molecule has 0 radical (unpaired) electrons. The van der Waals surface area contributed by atoms with Gasteiger partial charge in [0.1, 0.15) is 11.2 Å². The van der Waals surface area contributed by atoms with E-state index >= 15 is 0 Å². The van der Waals surface area contributed by atoms with E-state index < -0.39 is 5.97 Å². The van der Waals surface area contributed by atoms with Crippen LogP contribution in [0, 0.1) is 11.8 Å². The van der Waals surface area contributed by atoms with Gasteiger partial charge in [0, 0.05) is 22.7 Å². The van der Waals surface area contributed by atoms with E-state index in [0.717, 1.165) is 47.6 Å². The van der Waals surface area contributed by atoms with Crippen molar-refractivity contribution in [1.29, 1.82) is 0 Å². The molecular weight excluding hydrogens is 478 g/mol. The average Bonchev–Trinajstić information content (AvgIpc) is 3.26. The summed E-state index contributed by atoms with van der Waals surface area (Å²) in [4.78, 5) is 27.8. The fourth-order valence-corrected chi connectivity index (χ4v) is 5.53. The zero-order chi connectivity index (χ0) is 26.8. The van der Waals surface area contributed by atoms with Gasteiger partial charge in [-0.1, -0.05) is 43.3 Å². The molecule has 1 aliphatic rings. The summed E-state index contributed by atoms with van der Waals surface area (Å²) in [5, 5.41) is 11.8. The van der Waals surface area contributed by atoms with Crippen molar-refractivity contribution >= 4 is 39.5 Å². The van der Waals surface area contributed by atoms with Crippen molar-refractivity contribution in [3.63, 3.8) is 0 Å². The number of hydrogen-bond acceptors (Lipinski definition) is 4. The first-order valence-electron chi connectivity index (χ1n) is 13.5. The van der Waals surface area contributed by atoms with E-state index in [1.54, 1.807) is 11.0 Å². The molecule has 3 aromatic carbocycles. The van der Waals surface area contributed by atoms with Crippen LogP contribution in [0.4, 0.5) is 5.69 Å². The molecule has 6 heteroatoms. The van der Waals surface area contributed by atoms with Crippen LogP contribution in [0.2, 0.25) is 0 Å². The quantitative estimate of drug-likeness (QED) is 0.263. The summed E-state index contributed by atoms with van der Waals surface area (Å²) in [6.07, 6.45) is 3.73. The Kier molecular flexibility index (Phi) is 7.52. The maximum Gasteiger partial charge on any atom is 0.337 e. The molecule has 4 aromatic rings. The molecule has 0 spiro atoms. The minimum atomic E-state index is -1.08. The highest BCUT2D eigenvalue weighted by atomic mass is 16.5. The number of aromatic carboxylic acids is 1. The Morgan fingerprint density at radius 1 is 0.921 bits per heavy atom. The van der Waals surface area contributed by atoms with Crippen molar-refractivity contribution in [2.45, 2.75) is 65.7 Å². The zero-order valence-electron chi connectivity index (χ0n) is 22.3. The fraction of sp³-hybridized carbons (Fsp3) is 0.375. The number of carbonyl (C=O) groups excluding carboxylic acids is 1. The first-order chi connectivity index (χ1) is 18.3. The molecule has 0 atom stereocenters. The second-order valence-corrected chi connectivity index (χ2v) is 10.8. The number of rotatable bonds is 8. The van der Waals surface area contributed by atoms with Gasteiger partial charge in [-0.25, -0.2) is 4.79 Å². The number of nitrogens with zero attached hydrogens (tertiary/aromatic N) is 1. The first kappa shape index (κ1) is 26.0. The van der Waals surface area contributed by atoms with Crippen LogP contribution < -0.4 is 4.90 Å². The van der Waals surface area contributed by atoms with Gasteiger partial charge < -0.3 is 19.2 Å². The van der Waals surface area contributed by atoms with Gasteiger partial charge >= 0.3 is 5.97 Å². The second kappa shape index (κ2) is 11.0. The van der Waals surface area contributed by atoms with Gasteiger partial charge in [-0.15, -0.1) is 0 Å². The number of anilines is 1. The molecule has 38 heavy (non-hydrogen) atoms. The number of hydrogen-bond donors (Lipinski definition) is 1. The molecule has 1 saturated carbocycles. The molecule has 1 heterocycles. The summed E-state index contributed by atoms with van der Waals surface area (Å²) in [7, 11) is 0. The third-order valence-electron chi connectivity index (χ3n) is 7.64. The molecule has 1 amide bonds. The van der Waals surface area contributed by atoms with Gasteiger partial charge in [-0.2, -0.15) is 0 Å². The van der Waals surface area contributed by atoms with Gasteiger partial charge in [-0.3, -0.25) is 4.79 Å². The van der Waals surface area contributed by atoms with Crippen LogP contribution in [0.5, 0.6) is 0 Å². The highest BCUT2D eigenvalue weighted by Crippen LogP contribution is 2.38. The maximum absolute atomic E-state index is 13.7. The number of furan rings is 1. The summed E-state index contributed by atoms with van der Waals surface area (Å²) in [5.74, 6) is -0.523. The number of fused-ring (bicyclic) bond motifs is 3. The van der Waals surface area contributed by atoms with Crippen molar-refractivity contribution in [3.05, 3.63) is 77.4 Å². The summed E-state index contributed by atoms with van der Waals surface area (Å²) in [5.41, 5.74) is 3.77. The van der Waals surface area contributed by atoms with Crippen LogP contribution in [-0.4, -0.2) is 23.0 Å². The number of amides is 1. The van der Waals surface area contributed by atoms with Crippen LogP contribution in [0.3, 0.4) is 0 Å². The van der Waals surface area contributed by atoms with Crippen LogP contribution in [0.1, 0.15) is 67.9 Å². The molecule has 1 aliphatic carbocycles. The molecule has 1 aromatic heterocycles. The number of benzene rings is 3. The molecule has 0 bridgehead atoms. The molecule has 0 aliphatic heterocycles. The van der Waals surface area contributed by atoms with E-state index in [-0.39, 0.29) is 23.4 Å². The van der Waals surface area contributed by atoms with E-state index in [0.29, 0.717) is 36.0 Å². The molecule has 0 saturated heterocycles. The van der Waals surface area contributed by atoms with Gasteiger partial charge in [0.05, 0.1) is 24.5 Å². The maximum atomic E-state index is 13.7. The van der Waals surface area contributed by atoms with E-state index in [2.05, 4.69) is 6.92 Å². The monoisotopic (exact) mass is 513 g/mol. The largest absolute Gasteiger partial charge is 0.478 e. The Hall–Kier alpha value is -3.64. The highest BCUT2D eigenvalue weighted by molar-refractivity contribution is 6.12. The Labute approximate surface area is 223 Å². The SMILES string of the molecule is CC1CCC(C(=O)N(c2cc3c(cc2C(=O)O)oc2ccc(COCc4ccccc4)cc23)C(C)C)CC1. The average molecular weight is 514 g/mol. The predicted molar refractivity (Wildman–Crippen MR) is 149 cm³/mol. The molecule has 198 valence electrons. The molecule has 5 rings (SSSR count). The van der Waals surface area contributed by atoms with Crippen molar-refractivity contribution in [3.8, 4) is 0 Å². The van der Waals surface area contributed by atoms with Gasteiger partial charge in [0.15, 0.2) is 0 Å². The lowest BCUT2D eigenvalue weighted by atomic mass is 9.82. The number of carboxylic acids is 1. The van der Waals surface area contributed by atoms with Crippen molar-refractivity contribution < 1.29 is 23.8 Å². The lowest BCUT2D eigenvalue weighted by molar-refractivity contribution is -0.123. The van der Waals surface area contributed by atoms with Gasteiger partial charge in [-0.05, 0) is 80.8 Å². The van der Waals surface area contributed by atoms with Crippen LogP contribution in [-0.2, 0) is 22.7 Å². The molecule has 0 unspecified atom stereocenters. The third-order valence-corrected chi connectivity index (χ3v) is 7.64. The summed E-state index contributed by atoms with van der Waals surface area (Å²) < 4.78 is 12.0. The van der Waals surface area contributed by atoms with Crippen molar-refractivity contribution in [2.24, 2.45) is 11.8 Å². The smallest absolute Gasteiger partial charge is 0.337 e. The Balaban J connectivity index is 1.50. The minimum absolute atomic E-state index is 0.0107. The Bertz CT molecular complexity index is 1450. The third kappa shape index (κ3) is 5.32. The summed E-state index contributed by atoms with van der Waals surface area (Å²) >= 11 is 0.